The molecule has 8 nitrogen and oxygen atoms in total. The van der Waals surface area contributed by atoms with Gasteiger partial charge in [0.05, 0.1) is 25.2 Å². The van der Waals surface area contributed by atoms with Crippen molar-refractivity contribution in [2.75, 3.05) is 13.7 Å². The van der Waals surface area contributed by atoms with Crippen LogP contribution in [0.4, 0.5) is 9.59 Å². The second-order valence-corrected chi connectivity index (χ2v) is 8.45. The number of nitrogens with zero attached hydrogens (tertiary/aromatic N) is 1. The van der Waals surface area contributed by atoms with E-state index in [1.165, 1.54) is 7.11 Å². The predicted molar refractivity (Wildman–Crippen MR) is 108 cm³/mol. The lowest BCUT2D eigenvalue weighted by Gasteiger charge is -2.41. The third-order valence-electron chi connectivity index (χ3n) is 4.60. The Labute approximate surface area is 171 Å². The van der Waals surface area contributed by atoms with E-state index in [4.69, 9.17) is 9.47 Å². The van der Waals surface area contributed by atoms with Crippen molar-refractivity contribution in [2.24, 2.45) is 5.92 Å². The molecule has 160 valence electrons. The van der Waals surface area contributed by atoms with Gasteiger partial charge in [0.1, 0.15) is 5.60 Å². The Hall–Kier alpha value is -2.61. The maximum absolute atomic E-state index is 12.7. The highest BCUT2D eigenvalue weighted by molar-refractivity contribution is 5.96. The van der Waals surface area contributed by atoms with Gasteiger partial charge < -0.3 is 14.8 Å². The van der Waals surface area contributed by atoms with E-state index in [1.54, 1.807) is 20.8 Å². The second-order valence-electron chi connectivity index (χ2n) is 8.45. The van der Waals surface area contributed by atoms with Crippen LogP contribution in [0.15, 0.2) is 30.3 Å². The van der Waals surface area contributed by atoms with Crippen LogP contribution in [-0.4, -0.2) is 54.3 Å². The van der Waals surface area contributed by atoms with Gasteiger partial charge in [0.25, 0.3) is 0 Å². The van der Waals surface area contributed by atoms with Crippen LogP contribution < -0.4 is 10.6 Å². The van der Waals surface area contributed by atoms with E-state index in [9.17, 15) is 14.4 Å². The van der Waals surface area contributed by atoms with Crippen molar-refractivity contribution in [1.82, 2.24) is 15.5 Å². The van der Waals surface area contributed by atoms with Crippen LogP contribution >= 0.6 is 0 Å². The van der Waals surface area contributed by atoms with E-state index in [2.05, 4.69) is 10.6 Å². The highest BCUT2D eigenvalue weighted by Crippen LogP contribution is 2.24. The number of imide groups is 1. The summed E-state index contributed by atoms with van der Waals surface area (Å²) in [5.74, 6) is -0.400. The first-order valence-corrected chi connectivity index (χ1v) is 9.73. The molecule has 0 aromatic heterocycles. The zero-order valence-corrected chi connectivity index (χ0v) is 17.9. The summed E-state index contributed by atoms with van der Waals surface area (Å²) in [7, 11) is 1.24. The number of ether oxygens (including phenoxy) is 2. The number of methoxy groups -OCH3 is 1. The molecule has 29 heavy (non-hydrogen) atoms. The van der Waals surface area contributed by atoms with Crippen molar-refractivity contribution in [3.8, 4) is 0 Å². The molecular weight excluding hydrogens is 374 g/mol. The van der Waals surface area contributed by atoms with Gasteiger partial charge in [-0.1, -0.05) is 44.2 Å². The molecule has 1 heterocycles. The summed E-state index contributed by atoms with van der Waals surface area (Å²) in [5.41, 5.74) is 0.178. The number of amides is 3. The van der Waals surface area contributed by atoms with Gasteiger partial charge in [0.2, 0.25) is 5.91 Å². The van der Waals surface area contributed by atoms with E-state index in [1.807, 2.05) is 44.2 Å². The molecule has 0 spiro atoms. The van der Waals surface area contributed by atoms with Gasteiger partial charge in [-0.2, -0.15) is 0 Å². The quantitative estimate of drug-likeness (QED) is 0.800. The van der Waals surface area contributed by atoms with Gasteiger partial charge in [-0.25, -0.2) is 14.5 Å². The number of alkyl carbamates (subject to hydrolysis) is 1. The Balaban J connectivity index is 2.36. The molecule has 1 saturated heterocycles. The molecule has 1 aromatic rings. The zero-order chi connectivity index (χ0) is 21.8. The maximum Gasteiger partial charge on any atom is 0.416 e. The minimum atomic E-state index is -0.712. The molecule has 1 aromatic carbocycles. The molecule has 8 heteroatoms. The predicted octanol–water partition coefficient (Wildman–Crippen LogP) is 2.84. The van der Waals surface area contributed by atoms with Crippen molar-refractivity contribution in [3.63, 3.8) is 0 Å². The molecular formula is C21H31N3O5. The van der Waals surface area contributed by atoms with Gasteiger partial charge >= 0.3 is 12.2 Å². The fourth-order valence-electron chi connectivity index (χ4n) is 3.27. The van der Waals surface area contributed by atoms with Gasteiger partial charge in [-0.05, 0) is 32.3 Å². The highest BCUT2D eigenvalue weighted by atomic mass is 16.6. The third kappa shape index (κ3) is 5.93. The fourth-order valence-corrected chi connectivity index (χ4v) is 3.27. The molecule has 1 aliphatic heterocycles. The van der Waals surface area contributed by atoms with Crippen molar-refractivity contribution in [1.29, 1.82) is 0 Å². The Morgan fingerprint density at radius 2 is 1.83 bits per heavy atom. The van der Waals surface area contributed by atoms with Crippen LogP contribution in [0, 0.1) is 5.92 Å². The van der Waals surface area contributed by atoms with Crippen molar-refractivity contribution in [3.05, 3.63) is 35.9 Å². The number of hydrogen-bond acceptors (Lipinski definition) is 6. The van der Waals surface area contributed by atoms with Crippen LogP contribution in [0.5, 0.6) is 0 Å². The average molecular weight is 405 g/mol. The van der Waals surface area contributed by atoms with E-state index < -0.39 is 35.9 Å². The summed E-state index contributed by atoms with van der Waals surface area (Å²) in [6.45, 7) is 9.21. The van der Waals surface area contributed by atoms with Crippen molar-refractivity contribution < 1.29 is 23.9 Å². The summed E-state index contributed by atoms with van der Waals surface area (Å²) in [5, 5.41) is 6.21. The first-order valence-electron chi connectivity index (χ1n) is 9.73. The molecule has 1 aliphatic rings. The number of piperazine rings is 1. The summed E-state index contributed by atoms with van der Waals surface area (Å²) in [6.07, 6.45) is -1.29. The monoisotopic (exact) mass is 405 g/mol. The number of carbonyl (C=O) groups is 3. The largest absolute Gasteiger partial charge is 0.452 e. The lowest BCUT2D eigenvalue weighted by molar-refractivity contribution is -0.136. The zero-order valence-electron chi connectivity index (χ0n) is 17.9. The third-order valence-corrected chi connectivity index (χ3v) is 4.60. The van der Waals surface area contributed by atoms with Gasteiger partial charge in [-0.15, -0.1) is 0 Å². The number of nitrogens with one attached hydrogen (secondary N) is 2. The van der Waals surface area contributed by atoms with Gasteiger partial charge in [0, 0.05) is 6.54 Å². The van der Waals surface area contributed by atoms with Crippen LogP contribution in [0.2, 0.25) is 0 Å². The molecule has 0 saturated carbocycles. The molecule has 0 radical (unpaired) electrons. The van der Waals surface area contributed by atoms with Crippen LogP contribution in [0.1, 0.15) is 46.2 Å². The number of carbonyl (C=O) groups excluding carboxylic acids is 3. The molecule has 0 bridgehead atoms. The Morgan fingerprint density at radius 3 is 2.34 bits per heavy atom. The second kappa shape index (κ2) is 9.26. The number of hydrogen-bond donors (Lipinski definition) is 2. The standard InChI is InChI=1S/C21H31N3O5/c1-13(2)16-18(25)24(20(27)28-6)12-15(22-16)17(14-10-8-7-9-11-14)23-19(26)29-21(3,4)5/h7-11,13,15-17,22H,12H2,1-6H3,(H,23,26)/t15-,16+,17+/m1/s1. The SMILES string of the molecule is COC(=O)N1C[C@H]([C@@H](NC(=O)OC(C)(C)C)c2ccccc2)N[C@@H](C(C)C)C1=O. The first-order chi connectivity index (χ1) is 13.5. The lowest BCUT2D eigenvalue weighted by atomic mass is 9.92. The van der Waals surface area contributed by atoms with E-state index in [-0.39, 0.29) is 18.4 Å². The Bertz CT molecular complexity index is 730. The van der Waals surface area contributed by atoms with Crippen LogP contribution in [0.25, 0.3) is 0 Å². The van der Waals surface area contributed by atoms with Crippen LogP contribution in [0.3, 0.4) is 0 Å². The van der Waals surface area contributed by atoms with E-state index in [0.717, 1.165) is 10.5 Å². The molecule has 0 aliphatic carbocycles. The van der Waals surface area contributed by atoms with Gasteiger partial charge in [-0.3, -0.25) is 10.1 Å². The lowest BCUT2D eigenvalue weighted by Crippen LogP contribution is -2.65. The number of benzene rings is 1. The average Bonchev–Trinajstić information content (AvgIpc) is 2.65. The Morgan fingerprint density at radius 1 is 1.21 bits per heavy atom. The fraction of sp³-hybridized carbons (Fsp3) is 0.571. The molecule has 1 fully saturated rings. The highest BCUT2D eigenvalue weighted by Gasteiger charge is 2.42. The minimum Gasteiger partial charge on any atom is -0.452 e. The molecule has 0 unspecified atom stereocenters. The number of rotatable bonds is 4. The summed E-state index contributed by atoms with van der Waals surface area (Å²) < 4.78 is 10.2. The smallest absolute Gasteiger partial charge is 0.416 e. The normalized spacial score (nSPS) is 20.9. The molecule has 3 atom stereocenters. The van der Waals surface area contributed by atoms with E-state index >= 15 is 0 Å². The van der Waals surface area contributed by atoms with Crippen molar-refractivity contribution >= 4 is 18.1 Å². The minimum absolute atomic E-state index is 0.0596. The first kappa shape index (κ1) is 22.7. The summed E-state index contributed by atoms with van der Waals surface area (Å²) in [6, 6.07) is 7.85. The Kier molecular flexibility index (Phi) is 7.24. The maximum atomic E-state index is 12.7. The summed E-state index contributed by atoms with van der Waals surface area (Å²) in [4.78, 5) is 38.5. The topological polar surface area (TPSA) is 97.0 Å². The molecule has 2 rings (SSSR count). The van der Waals surface area contributed by atoms with Crippen LogP contribution in [-0.2, 0) is 14.3 Å². The van der Waals surface area contributed by atoms with Gasteiger partial charge in [0.15, 0.2) is 0 Å². The molecule has 2 N–H and O–H groups in total. The molecule has 3 amide bonds. The summed E-state index contributed by atoms with van der Waals surface area (Å²) >= 11 is 0. The van der Waals surface area contributed by atoms with Crippen molar-refractivity contribution in [2.45, 2.75) is 58.3 Å². The van der Waals surface area contributed by atoms with E-state index in [0.29, 0.717) is 0 Å².